The van der Waals surface area contributed by atoms with Gasteiger partial charge < -0.3 is 10.4 Å². The van der Waals surface area contributed by atoms with E-state index in [0.29, 0.717) is 0 Å². The number of hydrogen-bond donors (Lipinski definition) is 2. The standard InChI is InChI=1S/C11H10Cl2FNO3/c1-2-9(11(17)18)15-10(16)5-3-8(14)7(13)4-6(5)12/h3-4,9H,2H2,1H3,(H,15,16)(H,17,18)/t9-/m1/s1. The van der Waals surface area contributed by atoms with Crippen LogP contribution in [-0.4, -0.2) is 23.0 Å². The van der Waals surface area contributed by atoms with Crippen molar-refractivity contribution in [1.29, 1.82) is 0 Å². The SMILES string of the molecule is CC[C@@H](NC(=O)c1cc(F)c(Cl)cc1Cl)C(=O)O. The summed E-state index contributed by atoms with van der Waals surface area (Å²) in [5.74, 6) is -2.73. The fourth-order valence-corrected chi connectivity index (χ4v) is 1.74. The molecule has 18 heavy (non-hydrogen) atoms. The molecule has 0 aliphatic heterocycles. The summed E-state index contributed by atoms with van der Waals surface area (Å²) in [6.07, 6.45) is 0.203. The van der Waals surface area contributed by atoms with E-state index in [4.69, 9.17) is 28.3 Å². The van der Waals surface area contributed by atoms with Crippen molar-refractivity contribution in [1.82, 2.24) is 5.32 Å². The molecule has 2 N–H and O–H groups in total. The van der Waals surface area contributed by atoms with Crippen molar-refractivity contribution >= 4 is 35.1 Å². The lowest BCUT2D eigenvalue weighted by Gasteiger charge is -2.13. The van der Waals surface area contributed by atoms with Crippen LogP contribution in [-0.2, 0) is 4.79 Å². The van der Waals surface area contributed by atoms with Crippen molar-refractivity contribution in [2.75, 3.05) is 0 Å². The van der Waals surface area contributed by atoms with Crippen molar-refractivity contribution in [3.05, 3.63) is 33.6 Å². The van der Waals surface area contributed by atoms with Crippen LogP contribution in [0.15, 0.2) is 12.1 Å². The maximum absolute atomic E-state index is 13.2. The molecule has 0 radical (unpaired) electrons. The van der Waals surface area contributed by atoms with Crippen molar-refractivity contribution < 1.29 is 19.1 Å². The minimum atomic E-state index is -1.17. The summed E-state index contributed by atoms with van der Waals surface area (Å²) in [5, 5.41) is 10.8. The fraction of sp³-hybridized carbons (Fsp3) is 0.273. The number of carboxylic acid groups (broad SMARTS) is 1. The molecule has 0 aliphatic rings. The van der Waals surface area contributed by atoms with Gasteiger partial charge in [0.05, 0.1) is 15.6 Å². The van der Waals surface area contributed by atoms with Crippen LogP contribution in [0.25, 0.3) is 0 Å². The molecule has 0 saturated carbocycles. The molecular formula is C11H10Cl2FNO3. The van der Waals surface area contributed by atoms with Gasteiger partial charge in [0.1, 0.15) is 11.9 Å². The minimum Gasteiger partial charge on any atom is -0.480 e. The van der Waals surface area contributed by atoms with Crippen LogP contribution in [0.4, 0.5) is 4.39 Å². The summed E-state index contributed by atoms with van der Waals surface area (Å²) in [4.78, 5) is 22.5. The summed E-state index contributed by atoms with van der Waals surface area (Å²) >= 11 is 11.2. The van der Waals surface area contributed by atoms with Gasteiger partial charge in [-0.25, -0.2) is 9.18 Å². The van der Waals surface area contributed by atoms with E-state index in [-0.39, 0.29) is 22.0 Å². The number of hydrogen-bond acceptors (Lipinski definition) is 2. The number of aliphatic carboxylic acids is 1. The molecule has 0 saturated heterocycles. The van der Waals surface area contributed by atoms with E-state index < -0.39 is 23.7 Å². The Bertz CT molecular complexity index is 493. The summed E-state index contributed by atoms with van der Waals surface area (Å²) in [7, 11) is 0. The summed E-state index contributed by atoms with van der Waals surface area (Å²) in [6.45, 7) is 1.60. The van der Waals surface area contributed by atoms with E-state index in [2.05, 4.69) is 5.32 Å². The topological polar surface area (TPSA) is 66.4 Å². The fourth-order valence-electron chi connectivity index (χ4n) is 1.27. The van der Waals surface area contributed by atoms with Crippen LogP contribution in [0.1, 0.15) is 23.7 Å². The summed E-state index contributed by atoms with van der Waals surface area (Å²) in [6, 6.07) is 0.913. The van der Waals surface area contributed by atoms with Gasteiger partial charge in [0.25, 0.3) is 5.91 Å². The first-order valence-electron chi connectivity index (χ1n) is 5.05. The molecule has 0 unspecified atom stereocenters. The zero-order valence-electron chi connectivity index (χ0n) is 9.34. The highest BCUT2D eigenvalue weighted by Crippen LogP contribution is 2.24. The number of amides is 1. The van der Waals surface area contributed by atoms with E-state index in [9.17, 15) is 14.0 Å². The van der Waals surface area contributed by atoms with E-state index in [1.807, 2.05) is 0 Å². The van der Waals surface area contributed by atoms with Gasteiger partial charge in [-0.1, -0.05) is 30.1 Å². The van der Waals surface area contributed by atoms with Crippen LogP contribution in [0.2, 0.25) is 10.0 Å². The lowest BCUT2D eigenvalue weighted by molar-refractivity contribution is -0.139. The van der Waals surface area contributed by atoms with Gasteiger partial charge in [0.15, 0.2) is 0 Å². The minimum absolute atomic E-state index is 0.0425. The molecule has 4 nitrogen and oxygen atoms in total. The number of benzene rings is 1. The van der Waals surface area contributed by atoms with Crippen molar-refractivity contribution in [3.63, 3.8) is 0 Å². The Morgan fingerprint density at radius 2 is 2.00 bits per heavy atom. The number of nitrogens with one attached hydrogen (secondary N) is 1. The number of carbonyl (C=O) groups is 2. The lowest BCUT2D eigenvalue weighted by atomic mass is 10.1. The molecule has 0 aromatic heterocycles. The molecule has 7 heteroatoms. The second-order valence-corrected chi connectivity index (χ2v) is 4.33. The number of carbonyl (C=O) groups excluding carboxylic acids is 1. The highest BCUT2D eigenvalue weighted by atomic mass is 35.5. The molecule has 1 rings (SSSR count). The molecule has 0 spiro atoms. The molecule has 0 bridgehead atoms. The van der Waals surface area contributed by atoms with E-state index in [1.54, 1.807) is 6.92 Å². The molecule has 0 aliphatic carbocycles. The molecule has 0 heterocycles. The Hall–Kier alpha value is -1.33. The predicted molar refractivity (Wildman–Crippen MR) is 65.6 cm³/mol. The number of carboxylic acids is 1. The first-order valence-corrected chi connectivity index (χ1v) is 5.80. The molecule has 0 fully saturated rings. The highest BCUT2D eigenvalue weighted by molar-refractivity contribution is 6.36. The molecular weight excluding hydrogens is 284 g/mol. The first-order chi connectivity index (χ1) is 8.36. The maximum Gasteiger partial charge on any atom is 0.326 e. The number of rotatable bonds is 4. The molecule has 98 valence electrons. The van der Waals surface area contributed by atoms with Crippen molar-refractivity contribution in [2.24, 2.45) is 0 Å². The van der Waals surface area contributed by atoms with E-state index >= 15 is 0 Å². The van der Waals surface area contributed by atoms with Crippen LogP contribution in [0.5, 0.6) is 0 Å². The normalized spacial score (nSPS) is 12.0. The monoisotopic (exact) mass is 293 g/mol. The summed E-state index contributed by atoms with van der Waals surface area (Å²) < 4.78 is 13.2. The van der Waals surface area contributed by atoms with Gasteiger partial charge in [0, 0.05) is 0 Å². The smallest absolute Gasteiger partial charge is 0.326 e. The predicted octanol–water partition coefficient (Wildman–Crippen LogP) is 2.73. The quantitative estimate of drug-likeness (QED) is 0.839. The van der Waals surface area contributed by atoms with Crippen LogP contribution >= 0.6 is 23.2 Å². The Balaban J connectivity index is 2.97. The Labute approximate surface area is 113 Å². The van der Waals surface area contributed by atoms with Gasteiger partial charge in [-0.3, -0.25) is 4.79 Å². The average molecular weight is 294 g/mol. The highest BCUT2D eigenvalue weighted by Gasteiger charge is 2.21. The van der Waals surface area contributed by atoms with E-state index in [0.717, 1.165) is 12.1 Å². The first kappa shape index (κ1) is 14.7. The van der Waals surface area contributed by atoms with Gasteiger partial charge in [-0.2, -0.15) is 0 Å². The lowest BCUT2D eigenvalue weighted by Crippen LogP contribution is -2.40. The van der Waals surface area contributed by atoms with Gasteiger partial charge in [0.2, 0.25) is 0 Å². The van der Waals surface area contributed by atoms with Crippen LogP contribution in [0.3, 0.4) is 0 Å². The maximum atomic E-state index is 13.2. The van der Waals surface area contributed by atoms with Crippen molar-refractivity contribution in [3.8, 4) is 0 Å². The Morgan fingerprint density at radius 3 is 2.50 bits per heavy atom. The third-order valence-electron chi connectivity index (χ3n) is 2.27. The zero-order valence-corrected chi connectivity index (χ0v) is 10.8. The second-order valence-electron chi connectivity index (χ2n) is 3.52. The van der Waals surface area contributed by atoms with E-state index in [1.165, 1.54) is 0 Å². The van der Waals surface area contributed by atoms with Gasteiger partial charge in [-0.05, 0) is 18.6 Å². The molecule has 1 aromatic carbocycles. The molecule has 1 amide bonds. The van der Waals surface area contributed by atoms with Gasteiger partial charge >= 0.3 is 5.97 Å². The second kappa shape index (κ2) is 6.02. The van der Waals surface area contributed by atoms with Crippen LogP contribution < -0.4 is 5.32 Å². The third-order valence-corrected chi connectivity index (χ3v) is 2.87. The number of halogens is 3. The molecule has 1 aromatic rings. The summed E-state index contributed by atoms with van der Waals surface area (Å²) in [5.41, 5.74) is -0.154. The Kier molecular flexibility index (Phi) is 4.93. The zero-order chi connectivity index (χ0) is 13.9. The largest absolute Gasteiger partial charge is 0.480 e. The Morgan fingerprint density at radius 1 is 1.39 bits per heavy atom. The third kappa shape index (κ3) is 3.34. The van der Waals surface area contributed by atoms with Gasteiger partial charge in [-0.15, -0.1) is 0 Å². The molecule has 1 atom stereocenters. The van der Waals surface area contributed by atoms with Crippen molar-refractivity contribution in [2.45, 2.75) is 19.4 Å². The average Bonchev–Trinajstić information content (AvgIpc) is 2.29. The van der Waals surface area contributed by atoms with Crippen LogP contribution in [0, 0.1) is 5.82 Å².